The third kappa shape index (κ3) is 4.45. The van der Waals surface area contributed by atoms with E-state index in [9.17, 15) is 13.6 Å². The molecule has 1 amide bonds. The molecule has 0 radical (unpaired) electrons. The highest BCUT2D eigenvalue weighted by Gasteiger charge is 2.16. The molecule has 0 bridgehead atoms. The maximum Gasteiger partial charge on any atom is 0.407 e. The summed E-state index contributed by atoms with van der Waals surface area (Å²) in [6, 6.07) is 8.38. The van der Waals surface area contributed by atoms with Crippen LogP contribution in [0.3, 0.4) is 0 Å². The lowest BCUT2D eigenvalue weighted by Gasteiger charge is -2.10. The van der Waals surface area contributed by atoms with Gasteiger partial charge in [-0.15, -0.1) is 0 Å². The van der Waals surface area contributed by atoms with Crippen LogP contribution in [0, 0.1) is 18.6 Å². The molecule has 0 saturated heterocycles. The molecular weight excluding hydrogens is 376 g/mol. The number of carbonyl (C=O) groups excluding carboxylic acids is 1. The number of aryl methyl sites for hydroxylation is 1. The van der Waals surface area contributed by atoms with Crippen molar-refractivity contribution in [3.05, 3.63) is 71.1 Å². The number of alkyl carbamates (subject to hydrolysis) is 1. The fourth-order valence-electron chi connectivity index (χ4n) is 3.04. The van der Waals surface area contributed by atoms with Gasteiger partial charge < -0.3 is 10.1 Å². The van der Waals surface area contributed by atoms with Crippen molar-refractivity contribution < 1.29 is 18.3 Å². The zero-order valence-corrected chi connectivity index (χ0v) is 16.8. The van der Waals surface area contributed by atoms with Crippen LogP contribution in [0.5, 0.6) is 0 Å². The Morgan fingerprint density at radius 1 is 1.17 bits per heavy atom. The number of aromatic nitrogens is 2. The maximum absolute atomic E-state index is 14.5. The number of ether oxygens (including phenoxy) is 1. The van der Waals surface area contributed by atoms with Crippen molar-refractivity contribution in [2.24, 2.45) is 0 Å². The van der Waals surface area contributed by atoms with Gasteiger partial charge in [0.05, 0.1) is 13.3 Å². The quantitative estimate of drug-likeness (QED) is 0.649. The average molecular weight is 399 g/mol. The number of amides is 1. The van der Waals surface area contributed by atoms with E-state index in [1.54, 1.807) is 12.4 Å². The number of hydrogen-bond acceptors (Lipinski definition) is 3. The molecule has 0 unspecified atom stereocenters. The first-order valence-electron chi connectivity index (χ1n) is 9.26. The zero-order chi connectivity index (χ0) is 21.1. The van der Waals surface area contributed by atoms with Crippen molar-refractivity contribution in [1.29, 1.82) is 0 Å². The highest BCUT2D eigenvalue weighted by molar-refractivity contribution is 5.67. The summed E-state index contributed by atoms with van der Waals surface area (Å²) in [5.41, 5.74) is 3.89. The molecule has 0 fully saturated rings. The van der Waals surface area contributed by atoms with Gasteiger partial charge in [0.15, 0.2) is 11.6 Å². The van der Waals surface area contributed by atoms with Gasteiger partial charge in [0.1, 0.15) is 5.69 Å². The summed E-state index contributed by atoms with van der Waals surface area (Å²) in [5.74, 6) is -1.27. The normalized spacial score (nSPS) is 11.0. The van der Waals surface area contributed by atoms with Crippen LogP contribution in [-0.2, 0) is 11.3 Å². The van der Waals surface area contributed by atoms with E-state index in [-0.39, 0.29) is 11.6 Å². The van der Waals surface area contributed by atoms with E-state index in [0.717, 1.165) is 22.3 Å². The van der Waals surface area contributed by atoms with Gasteiger partial charge in [-0.2, -0.15) is 5.10 Å². The second kappa shape index (κ2) is 8.43. The van der Waals surface area contributed by atoms with Crippen LogP contribution >= 0.6 is 0 Å². The van der Waals surface area contributed by atoms with E-state index >= 15 is 0 Å². The molecule has 0 atom stereocenters. The Kier molecular flexibility index (Phi) is 5.96. The number of nitrogens with zero attached hydrogens (tertiary/aromatic N) is 2. The van der Waals surface area contributed by atoms with Crippen molar-refractivity contribution in [3.63, 3.8) is 0 Å². The Balaban J connectivity index is 1.87. The third-order valence-electron chi connectivity index (χ3n) is 4.80. The van der Waals surface area contributed by atoms with E-state index in [2.05, 4.69) is 15.2 Å². The summed E-state index contributed by atoms with van der Waals surface area (Å²) in [5, 5.41) is 6.78. The predicted molar refractivity (Wildman–Crippen MR) is 107 cm³/mol. The van der Waals surface area contributed by atoms with Crippen molar-refractivity contribution in [2.45, 2.75) is 33.2 Å². The van der Waals surface area contributed by atoms with E-state index < -0.39 is 17.7 Å². The standard InChI is InChI=1S/C22H23F2N3O2/c1-13(2)17-8-19(23)21(20(24)9-17)27-12-18(11-26-27)15-5-6-16(14(3)7-15)10-25-22(28)29-4/h5-9,11-13H,10H2,1-4H3,(H,25,28). The summed E-state index contributed by atoms with van der Waals surface area (Å²) in [6.07, 6.45) is 2.66. The second-order valence-electron chi connectivity index (χ2n) is 7.15. The lowest BCUT2D eigenvalue weighted by atomic mass is 10.0. The lowest BCUT2D eigenvalue weighted by Crippen LogP contribution is -2.22. The van der Waals surface area contributed by atoms with Gasteiger partial charge >= 0.3 is 6.09 Å². The van der Waals surface area contributed by atoms with Gasteiger partial charge in [-0.05, 0) is 47.2 Å². The average Bonchev–Trinajstić information content (AvgIpc) is 3.15. The first kappa shape index (κ1) is 20.5. The molecule has 152 valence electrons. The minimum atomic E-state index is -0.649. The van der Waals surface area contributed by atoms with Gasteiger partial charge in [-0.1, -0.05) is 32.0 Å². The van der Waals surface area contributed by atoms with Gasteiger partial charge in [-0.25, -0.2) is 18.3 Å². The van der Waals surface area contributed by atoms with Crippen LogP contribution in [0.15, 0.2) is 42.7 Å². The molecular formula is C22H23F2N3O2. The van der Waals surface area contributed by atoms with Crippen LogP contribution in [-0.4, -0.2) is 23.0 Å². The number of rotatable bonds is 5. The van der Waals surface area contributed by atoms with Crippen LogP contribution < -0.4 is 5.32 Å². The first-order chi connectivity index (χ1) is 13.8. The Morgan fingerprint density at radius 2 is 1.86 bits per heavy atom. The zero-order valence-electron chi connectivity index (χ0n) is 16.8. The molecule has 1 aromatic heterocycles. The molecule has 3 rings (SSSR count). The highest BCUT2D eigenvalue weighted by Crippen LogP contribution is 2.27. The van der Waals surface area contributed by atoms with Gasteiger partial charge in [-0.3, -0.25) is 0 Å². The predicted octanol–water partition coefficient (Wildman–Crippen LogP) is 5.11. The number of hydrogen-bond donors (Lipinski definition) is 1. The first-order valence-corrected chi connectivity index (χ1v) is 9.26. The molecule has 0 aliphatic rings. The van der Waals surface area contributed by atoms with E-state index in [4.69, 9.17) is 0 Å². The summed E-state index contributed by atoms with van der Waals surface area (Å²) < 4.78 is 34.8. The third-order valence-corrected chi connectivity index (χ3v) is 4.80. The Labute approximate surface area is 168 Å². The van der Waals surface area contributed by atoms with Crippen LogP contribution in [0.2, 0.25) is 0 Å². The van der Waals surface area contributed by atoms with E-state index in [1.807, 2.05) is 39.0 Å². The number of halogens is 2. The molecule has 0 spiro atoms. The molecule has 0 aliphatic carbocycles. The molecule has 0 aliphatic heterocycles. The van der Waals surface area contributed by atoms with Crippen molar-refractivity contribution in [1.82, 2.24) is 15.1 Å². The van der Waals surface area contributed by atoms with Gasteiger partial charge in [0, 0.05) is 18.3 Å². The number of carbonyl (C=O) groups is 1. The van der Waals surface area contributed by atoms with E-state index in [0.29, 0.717) is 12.1 Å². The van der Waals surface area contributed by atoms with Crippen LogP contribution in [0.1, 0.15) is 36.5 Å². The fraction of sp³-hybridized carbons (Fsp3) is 0.273. The van der Waals surface area contributed by atoms with Crippen molar-refractivity contribution in [2.75, 3.05) is 7.11 Å². The summed E-state index contributed by atoms with van der Waals surface area (Å²) in [6.45, 7) is 6.03. The molecule has 7 heteroatoms. The molecule has 2 aromatic carbocycles. The molecule has 1 heterocycles. The molecule has 0 saturated carbocycles. The largest absolute Gasteiger partial charge is 0.453 e. The van der Waals surface area contributed by atoms with Gasteiger partial charge in [0.2, 0.25) is 0 Å². The number of nitrogens with one attached hydrogen (secondary N) is 1. The molecule has 29 heavy (non-hydrogen) atoms. The van der Waals surface area contributed by atoms with Crippen LogP contribution in [0.4, 0.5) is 13.6 Å². The molecule has 5 nitrogen and oxygen atoms in total. The monoisotopic (exact) mass is 399 g/mol. The minimum absolute atomic E-state index is 0.0244. The summed E-state index contributed by atoms with van der Waals surface area (Å²) in [7, 11) is 1.31. The SMILES string of the molecule is COC(=O)NCc1ccc(-c2cnn(-c3c(F)cc(C(C)C)cc3F)c2)cc1C. The minimum Gasteiger partial charge on any atom is -0.453 e. The molecule has 3 aromatic rings. The topological polar surface area (TPSA) is 56.1 Å². The Hall–Kier alpha value is -3.22. The summed E-state index contributed by atoms with van der Waals surface area (Å²) >= 11 is 0. The Bertz CT molecular complexity index is 1020. The summed E-state index contributed by atoms with van der Waals surface area (Å²) in [4.78, 5) is 11.2. The van der Waals surface area contributed by atoms with Crippen LogP contribution in [0.25, 0.3) is 16.8 Å². The van der Waals surface area contributed by atoms with Crippen molar-refractivity contribution in [3.8, 4) is 16.8 Å². The number of methoxy groups -OCH3 is 1. The smallest absolute Gasteiger partial charge is 0.407 e. The molecule has 1 N–H and O–H groups in total. The Morgan fingerprint density at radius 3 is 2.45 bits per heavy atom. The highest BCUT2D eigenvalue weighted by atomic mass is 19.1. The van der Waals surface area contributed by atoms with E-state index in [1.165, 1.54) is 23.9 Å². The van der Waals surface area contributed by atoms with Crippen molar-refractivity contribution >= 4 is 6.09 Å². The van der Waals surface area contributed by atoms with Gasteiger partial charge in [0.25, 0.3) is 0 Å². The number of benzene rings is 2. The maximum atomic E-state index is 14.5. The lowest BCUT2D eigenvalue weighted by molar-refractivity contribution is 0.170. The second-order valence-corrected chi connectivity index (χ2v) is 7.15. The fourth-order valence-corrected chi connectivity index (χ4v) is 3.04.